The minimum atomic E-state index is -1.37. The van der Waals surface area contributed by atoms with E-state index in [4.69, 9.17) is 0 Å². The Bertz CT molecular complexity index is 624. The number of hydrogen-bond acceptors (Lipinski definition) is 6. The Morgan fingerprint density at radius 2 is 1.71 bits per heavy atom. The van der Waals surface area contributed by atoms with Crippen molar-refractivity contribution in [2.24, 2.45) is 0 Å². The van der Waals surface area contributed by atoms with Gasteiger partial charge in [0.15, 0.2) is 0 Å². The molecule has 0 spiro atoms. The van der Waals surface area contributed by atoms with Crippen molar-refractivity contribution in [3.63, 3.8) is 0 Å². The molecule has 0 bridgehead atoms. The monoisotopic (exact) mass is 333 g/mol. The molecule has 0 aliphatic carbocycles. The Morgan fingerprint density at radius 1 is 1.08 bits per heavy atom. The van der Waals surface area contributed by atoms with Gasteiger partial charge in [-0.2, -0.15) is 0 Å². The van der Waals surface area contributed by atoms with Crippen LogP contribution in [0, 0.1) is 5.82 Å². The van der Waals surface area contributed by atoms with Crippen molar-refractivity contribution in [2.75, 3.05) is 31.1 Å². The normalized spacial score (nSPS) is 16.8. The van der Waals surface area contributed by atoms with Crippen molar-refractivity contribution < 1.29 is 9.50 Å². The molecular formula is C17H24FN5O. The van der Waals surface area contributed by atoms with E-state index in [2.05, 4.69) is 25.2 Å². The molecule has 1 atom stereocenters. The molecule has 1 saturated heterocycles. The third-order valence-corrected chi connectivity index (χ3v) is 3.83. The third kappa shape index (κ3) is 4.04. The van der Waals surface area contributed by atoms with E-state index in [0.717, 1.165) is 32.4 Å². The van der Waals surface area contributed by atoms with Crippen molar-refractivity contribution >= 4 is 5.95 Å². The van der Waals surface area contributed by atoms with Crippen LogP contribution in [0.2, 0.25) is 0 Å². The van der Waals surface area contributed by atoms with Crippen LogP contribution in [-0.4, -0.2) is 46.2 Å². The predicted octanol–water partition coefficient (Wildman–Crippen LogP) is 1.70. The lowest BCUT2D eigenvalue weighted by molar-refractivity contribution is 0.0965. The van der Waals surface area contributed by atoms with Crippen LogP contribution in [0.25, 0.3) is 0 Å². The highest BCUT2D eigenvalue weighted by atomic mass is 19.1. The first kappa shape index (κ1) is 18.2. The van der Waals surface area contributed by atoms with Crippen LogP contribution in [-0.2, 0) is 5.60 Å². The Kier molecular flexibility index (Phi) is 6.16. The fourth-order valence-electron chi connectivity index (χ4n) is 2.41. The molecule has 1 fully saturated rings. The summed E-state index contributed by atoms with van der Waals surface area (Å²) in [5.74, 6) is 0.206. The van der Waals surface area contributed by atoms with E-state index in [0.29, 0.717) is 17.2 Å². The van der Waals surface area contributed by atoms with E-state index < -0.39 is 11.4 Å². The average molecular weight is 333 g/mol. The quantitative estimate of drug-likeness (QED) is 0.891. The van der Waals surface area contributed by atoms with E-state index in [9.17, 15) is 9.50 Å². The molecule has 24 heavy (non-hydrogen) atoms. The fraction of sp³-hybridized carbons (Fsp3) is 0.471. The van der Waals surface area contributed by atoms with E-state index in [1.807, 2.05) is 13.8 Å². The summed E-state index contributed by atoms with van der Waals surface area (Å²) in [6.45, 7) is 9.12. The number of hydrogen-bond donors (Lipinski definition) is 2. The number of anilines is 1. The van der Waals surface area contributed by atoms with Crippen LogP contribution < -0.4 is 10.2 Å². The molecule has 0 aromatic carbocycles. The van der Waals surface area contributed by atoms with Gasteiger partial charge in [-0.05, 0) is 19.1 Å². The van der Waals surface area contributed by atoms with Gasteiger partial charge in [-0.3, -0.25) is 4.98 Å². The van der Waals surface area contributed by atoms with Crippen molar-refractivity contribution in [3.8, 4) is 0 Å². The zero-order chi connectivity index (χ0) is 17.6. The number of aromatic nitrogens is 3. The van der Waals surface area contributed by atoms with Gasteiger partial charge in [0.05, 0.1) is 11.9 Å². The van der Waals surface area contributed by atoms with E-state index in [-0.39, 0.29) is 0 Å². The highest BCUT2D eigenvalue weighted by Gasteiger charge is 2.28. The highest BCUT2D eigenvalue weighted by Crippen LogP contribution is 2.27. The zero-order valence-electron chi connectivity index (χ0n) is 14.3. The molecule has 130 valence electrons. The number of nitrogens with zero attached hydrogens (tertiary/aromatic N) is 4. The maximum absolute atomic E-state index is 13.0. The first-order valence-corrected chi connectivity index (χ1v) is 8.20. The first-order valence-electron chi connectivity index (χ1n) is 8.20. The van der Waals surface area contributed by atoms with Crippen molar-refractivity contribution in [1.82, 2.24) is 20.3 Å². The van der Waals surface area contributed by atoms with Gasteiger partial charge in [0, 0.05) is 44.1 Å². The van der Waals surface area contributed by atoms with Crippen LogP contribution in [0.15, 0.2) is 30.7 Å². The molecule has 2 N–H and O–H groups in total. The molecule has 6 nitrogen and oxygen atoms in total. The van der Waals surface area contributed by atoms with Gasteiger partial charge >= 0.3 is 0 Å². The van der Waals surface area contributed by atoms with Crippen LogP contribution in [0.3, 0.4) is 0 Å². The molecule has 1 aliphatic rings. The van der Waals surface area contributed by atoms with Crippen LogP contribution in [0.4, 0.5) is 10.3 Å². The maximum atomic E-state index is 13.0. The SMILES string of the molecule is CC.CC(O)(c1cnc(N2CCNCC2)nc1)c1ccc(F)cn1. The number of nitrogens with one attached hydrogen (secondary N) is 1. The molecule has 3 heterocycles. The summed E-state index contributed by atoms with van der Waals surface area (Å²) in [6.07, 6.45) is 4.27. The molecule has 2 aromatic heterocycles. The Balaban J connectivity index is 0.00000100. The smallest absolute Gasteiger partial charge is 0.225 e. The molecular weight excluding hydrogens is 309 g/mol. The van der Waals surface area contributed by atoms with Gasteiger partial charge in [-0.15, -0.1) is 0 Å². The molecule has 3 rings (SSSR count). The third-order valence-electron chi connectivity index (χ3n) is 3.83. The van der Waals surface area contributed by atoms with E-state index in [1.165, 1.54) is 12.1 Å². The lowest BCUT2D eigenvalue weighted by Gasteiger charge is -2.28. The zero-order valence-corrected chi connectivity index (χ0v) is 14.3. The summed E-state index contributed by atoms with van der Waals surface area (Å²) < 4.78 is 13.0. The minimum Gasteiger partial charge on any atom is -0.379 e. The Morgan fingerprint density at radius 3 is 2.25 bits per heavy atom. The lowest BCUT2D eigenvalue weighted by atomic mass is 9.94. The summed E-state index contributed by atoms with van der Waals surface area (Å²) in [7, 11) is 0. The second kappa shape index (κ2) is 8.12. The molecule has 1 unspecified atom stereocenters. The van der Waals surface area contributed by atoms with Crippen LogP contribution in [0.5, 0.6) is 0 Å². The van der Waals surface area contributed by atoms with E-state index in [1.54, 1.807) is 19.3 Å². The Labute approximate surface area is 141 Å². The van der Waals surface area contributed by atoms with Gasteiger partial charge in [-0.1, -0.05) is 13.8 Å². The van der Waals surface area contributed by atoms with Gasteiger partial charge in [0.2, 0.25) is 5.95 Å². The van der Waals surface area contributed by atoms with Gasteiger partial charge in [0.1, 0.15) is 11.4 Å². The molecule has 2 aromatic rings. The summed E-state index contributed by atoms with van der Waals surface area (Å²) >= 11 is 0. The van der Waals surface area contributed by atoms with Crippen molar-refractivity contribution in [1.29, 1.82) is 0 Å². The standard InChI is InChI=1S/C15H18FN5O.C2H6/c1-15(22,13-3-2-12(16)10-18-13)11-8-19-14(20-9-11)21-6-4-17-5-7-21;1-2/h2-3,8-10,17,22H,4-7H2,1H3;1-2H3. The second-order valence-corrected chi connectivity index (χ2v) is 5.44. The molecule has 0 saturated carbocycles. The van der Waals surface area contributed by atoms with Crippen molar-refractivity contribution in [3.05, 3.63) is 47.8 Å². The number of piperazine rings is 1. The molecule has 1 aliphatic heterocycles. The molecule has 7 heteroatoms. The van der Waals surface area contributed by atoms with Crippen LogP contribution in [0.1, 0.15) is 32.0 Å². The van der Waals surface area contributed by atoms with Gasteiger partial charge < -0.3 is 15.3 Å². The topological polar surface area (TPSA) is 74.2 Å². The highest BCUT2D eigenvalue weighted by molar-refractivity contribution is 5.34. The van der Waals surface area contributed by atoms with Gasteiger partial charge in [0.25, 0.3) is 0 Å². The fourth-order valence-corrected chi connectivity index (χ4v) is 2.41. The number of rotatable bonds is 3. The summed E-state index contributed by atoms with van der Waals surface area (Å²) in [4.78, 5) is 14.7. The molecule has 0 radical (unpaired) electrons. The number of pyridine rings is 1. The maximum Gasteiger partial charge on any atom is 0.225 e. The second-order valence-electron chi connectivity index (χ2n) is 5.44. The van der Waals surface area contributed by atoms with E-state index >= 15 is 0 Å². The summed E-state index contributed by atoms with van der Waals surface area (Å²) in [5, 5.41) is 13.9. The number of aliphatic hydroxyl groups is 1. The lowest BCUT2D eigenvalue weighted by Crippen LogP contribution is -2.44. The largest absolute Gasteiger partial charge is 0.379 e. The average Bonchev–Trinajstić information content (AvgIpc) is 2.65. The summed E-state index contributed by atoms with van der Waals surface area (Å²) in [5.41, 5.74) is -0.492. The summed E-state index contributed by atoms with van der Waals surface area (Å²) in [6, 6.07) is 2.73. The minimum absolute atomic E-state index is 0.354. The van der Waals surface area contributed by atoms with Gasteiger partial charge in [-0.25, -0.2) is 14.4 Å². The molecule has 0 amide bonds. The van der Waals surface area contributed by atoms with Crippen molar-refractivity contribution in [2.45, 2.75) is 26.4 Å². The van der Waals surface area contributed by atoms with Crippen LogP contribution >= 0.6 is 0 Å². The first-order chi connectivity index (χ1) is 11.6. The number of halogens is 1. The Hall–Kier alpha value is -2.12. The predicted molar refractivity (Wildman–Crippen MR) is 91.3 cm³/mol.